The van der Waals surface area contributed by atoms with Crippen molar-refractivity contribution in [3.63, 3.8) is 0 Å². The van der Waals surface area contributed by atoms with E-state index in [1.54, 1.807) is 24.3 Å². The van der Waals surface area contributed by atoms with Crippen molar-refractivity contribution in [2.24, 2.45) is 0 Å². The van der Waals surface area contributed by atoms with Gasteiger partial charge in [0.05, 0.1) is 5.91 Å². The Morgan fingerprint density at radius 1 is 0.571 bits per heavy atom. The van der Waals surface area contributed by atoms with Gasteiger partial charge in [-0.2, -0.15) is 7.05 Å². The Morgan fingerprint density at radius 3 is 1.17 bits per heavy atom. The molecule has 0 aliphatic rings. The van der Waals surface area contributed by atoms with Gasteiger partial charge in [-0.05, 0) is 92.3 Å². The van der Waals surface area contributed by atoms with Gasteiger partial charge in [0.15, 0.2) is 17.3 Å². The third-order valence-corrected chi connectivity index (χ3v) is 5.62. The van der Waals surface area contributed by atoms with Crippen molar-refractivity contribution in [2.75, 3.05) is 7.05 Å². The minimum atomic E-state index is -0.883. The van der Waals surface area contributed by atoms with Crippen molar-refractivity contribution in [3.8, 4) is 22.3 Å². The molecule has 6 nitrogen and oxygen atoms in total. The third-order valence-electron chi connectivity index (χ3n) is 5.62. The van der Waals surface area contributed by atoms with E-state index in [2.05, 4.69) is 0 Å². The predicted octanol–water partition coefficient (Wildman–Crippen LogP) is 7.10. The molecule has 3 rings (SSSR count). The van der Waals surface area contributed by atoms with Crippen molar-refractivity contribution in [3.05, 3.63) is 93.4 Å². The molecule has 0 saturated carbocycles. The molecular formula is C28H28N2O4Y-2. The first-order valence-corrected chi connectivity index (χ1v) is 10.7. The van der Waals surface area contributed by atoms with Crippen molar-refractivity contribution in [2.45, 2.75) is 34.6 Å². The Kier molecular flexibility index (Phi) is 11.0. The minimum absolute atomic E-state index is 0. The number of amides is 1. The zero-order chi connectivity index (χ0) is 25.7. The summed E-state index contributed by atoms with van der Waals surface area (Å²) < 4.78 is 0. The van der Waals surface area contributed by atoms with E-state index in [4.69, 9.17) is 11.5 Å². The second-order valence-electron chi connectivity index (χ2n) is 8.00. The molecule has 0 aromatic heterocycles. The fourth-order valence-corrected chi connectivity index (χ4v) is 3.93. The summed E-state index contributed by atoms with van der Waals surface area (Å²) >= 11 is 0. The first kappa shape index (κ1) is 30.2. The number of carbonyl (C=O) groups excluding carboxylic acids is 4. The van der Waals surface area contributed by atoms with E-state index in [-0.39, 0.29) is 61.2 Å². The zero-order valence-electron chi connectivity index (χ0n) is 20.8. The Balaban J connectivity index is 0.00000199. The average molecular weight is 545 g/mol. The van der Waals surface area contributed by atoms with E-state index >= 15 is 0 Å². The molecule has 35 heavy (non-hydrogen) atoms. The zero-order valence-corrected chi connectivity index (χ0v) is 23.7. The minimum Gasteiger partial charge on any atom is -0.680 e. The molecule has 1 radical (unpaired) electrons. The van der Waals surface area contributed by atoms with Gasteiger partial charge in [-0.1, -0.05) is 24.3 Å². The van der Waals surface area contributed by atoms with Crippen molar-refractivity contribution in [1.29, 1.82) is 0 Å². The number of aryl methyl sites for hydroxylation is 2. The first-order chi connectivity index (χ1) is 16.0. The number of ketones is 3. The van der Waals surface area contributed by atoms with Crippen LogP contribution in [0.2, 0.25) is 0 Å². The van der Waals surface area contributed by atoms with Gasteiger partial charge < -0.3 is 16.3 Å². The smallest absolute Gasteiger partial charge is 0.160 e. The predicted molar refractivity (Wildman–Crippen MR) is 136 cm³/mol. The summed E-state index contributed by atoms with van der Waals surface area (Å²) in [4.78, 5) is 47.7. The standard InChI is InChI=1S/C27H25NO4.CH4N.Y/c1-14-10-23(16(3)29)24(17(4)30)12-21(14)19-6-8-20(9-7-19)22-13-25(18(5)31)26(27(28)32)11-15(22)2;1-2;/h6-13H,1-5H3,(H2,28,32);2H,1H3;/q;-1;/p-1. The molecule has 0 atom stereocenters. The quantitative estimate of drug-likeness (QED) is 0.307. The number of carbonyl (C=O) groups is 4. The molecule has 179 valence electrons. The van der Waals surface area contributed by atoms with E-state index in [1.165, 1.54) is 27.8 Å². The maximum atomic E-state index is 12.1. The summed E-state index contributed by atoms with van der Waals surface area (Å²) in [7, 11) is 1.25. The SMILES string of the molecule is CC(=O)c1cc(C)c(-c2ccc(-c3cc(C(C)=O)c(C([NH-])=O)cc3C)cc2)cc1C(C)=O.C[NH-].[Y]. The van der Waals surface area contributed by atoms with Crippen molar-refractivity contribution >= 4 is 23.3 Å². The van der Waals surface area contributed by atoms with Gasteiger partial charge in [-0.25, -0.2) is 0 Å². The molecule has 0 fully saturated rings. The van der Waals surface area contributed by atoms with Crippen molar-refractivity contribution < 1.29 is 51.9 Å². The maximum Gasteiger partial charge on any atom is 0.160 e. The van der Waals surface area contributed by atoms with Crippen LogP contribution in [-0.4, -0.2) is 30.3 Å². The monoisotopic (exact) mass is 545 g/mol. The molecule has 0 heterocycles. The number of nitrogens with one attached hydrogen (secondary N) is 2. The molecular weight excluding hydrogens is 517 g/mol. The Labute approximate surface area is 231 Å². The second kappa shape index (κ2) is 12.8. The molecule has 1 amide bonds. The Bertz CT molecular complexity index is 1190. The molecule has 3 aromatic carbocycles. The van der Waals surface area contributed by atoms with E-state index in [0.717, 1.165) is 33.4 Å². The number of benzene rings is 3. The first-order valence-electron chi connectivity index (χ1n) is 10.7. The molecule has 2 N–H and O–H groups in total. The summed E-state index contributed by atoms with van der Waals surface area (Å²) in [5, 5.41) is 0. The summed E-state index contributed by atoms with van der Waals surface area (Å²) in [6, 6.07) is 14.4. The molecule has 7 heteroatoms. The molecule has 0 aliphatic heterocycles. The fraction of sp³-hybridized carbons (Fsp3) is 0.214. The Morgan fingerprint density at radius 2 is 0.857 bits per heavy atom. The van der Waals surface area contributed by atoms with E-state index < -0.39 is 5.91 Å². The number of rotatable bonds is 6. The molecule has 3 aromatic rings. The van der Waals surface area contributed by atoms with Gasteiger partial charge in [-0.15, -0.1) is 0 Å². The number of hydrogen-bond acceptors (Lipinski definition) is 4. The van der Waals surface area contributed by atoms with Crippen LogP contribution in [0.4, 0.5) is 0 Å². The summed E-state index contributed by atoms with van der Waals surface area (Å²) in [6.45, 7) is 8.02. The summed E-state index contributed by atoms with van der Waals surface area (Å²) in [5.74, 6) is -1.46. The molecule has 0 unspecified atom stereocenters. The van der Waals surface area contributed by atoms with Crippen LogP contribution in [0.3, 0.4) is 0 Å². The molecule has 0 bridgehead atoms. The van der Waals surface area contributed by atoms with Gasteiger partial charge in [0, 0.05) is 55.0 Å². The van der Waals surface area contributed by atoms with Gasteiger partial charge in [0.2, 0.25) is 0 Å². The van der Waals surface area contributed by atoms with Crippen LogP contribution in [0.25, 0.3) is 33.7 Å². The average Bonchev–Trinajstić information content (AvgIpc) is 2.79. The topological polar surface area (TPSA) is 116 Å². The number of hydrogen-bond donors (Lipinski definition) is 0. The van der Waals surface area contributed by atoms with E-state index in [9.17, 15) is 19.2 Å². The van der Waals surface area contributed by atoms with Crippen LogP contribution < -0.4 is 0 Å². The van der Waals surface area contributed by atoms with Crippen LogP contribution in [-0.2, 0) is 32.7 Å². The van der Waals surface area contributed by atoms with Gasteiger partial charge in [-0.3, -0.25) is 14.4 Å². The van der Waals surface area contributed by atoms with E-state index in [1.807, 2.05) is 38.1 Å². The fourth-order valence-electron chi connectivity index (χ4n) is 3.93. The third kappa shape index (κ3) is 6.66. The number of Topliss-reactive ketones (excluding diaryl/α,β-unsaturated/α-hetero) is 3. The van der Waals surface area contributed by atoms with Crippen LogP contribution in [0, 0.1) is 13.8 Å². The van der Waals surface area contributed by atoms with Crippen LogP contribution >= 0.6 is 0 Å². The Hall–Kier alpha value is -2.80. The van der Waals surface area contributed by atoms with Gasteiger partial charge in [0.25, 0.3) is 0 Å². The normalized spacial score (nSPS) is 9.91. The molecule has 0 aliphatic carbocycles. The van der Waals surface area contributed by atoms with Crippen LogP contribution in [0.5, 0.6) is 0 Å². The summed E-state index contributed by atoms with van der Waals surface area (Å²) in [6.07, 6.45) is 0. The molecule has 0 saturated heterocycles. The van der Waals surface area contributed by atoms with Crippen molar-refractivity contribution in [1.82, 2.24) is 0 Å². The van der Waals surface area contributed by atoms with E-state index in [0.29, 0.717) is 11.1 Å². The summed E-state index contributed by atoms with van der Waals surface area (Å²) in [5.41, 5.74) is 19.4. The largest absolute Gasteiger partial charge is 0.680 e. The van der Waals surface area contributed by atoms with Crippen LogP contribution in [0.1, 0.15) is 73.3 Å². The molecule has 0 spiro atoms. The van der Waals surface area contributed by atoms with Gasteiger partial charge in [0.1, 0.15) is 0 Å². The maximum absolute atomic E-state index is 12.1. The second-order valence-corrected chi connectivity index (χ2v) is 8.00. The van der Waals surface area contributed by atoms with Gasteiger partial charge >= 0.3 is 0 Å². The van der Waals surface area contributed by atoms with Crippen LogP contribution in [0.15, 0.2) is 48.5 Å².